The summed E-state index contributed by atoms with van der Waals surface area (Å²) >= 11 is 1.76. The summed E-state index contributed by atoms with van der Waals surface area (Å²) in [6.45, 7) is 5.35. The minimum absolute atomic E-state index is 0.447. The van der Waals surface area contributed by atoms with E-state index in [2.05, 4.69) is 57.8 Å². The first-order valence-corrected chi connectivity index (χ1v) is 8.65. The van der Waals surface area contributed by atoms with Gasteiger partial charge in [0.1, 0.15) is 5.01 Å². The number of aromatic nitrogens is 1. The van der Waals surface area contributed by atoms with E-state index in [1.807, 2.05) is 6.20 Å². The third-order valence-electron chi connectivity index (χ3n) is 4.14. The van der Waals surface area contributed by atoms with E-state index in [0.29, 0.717) is 12.1 Å². The maximum absolute atomic E-state index is 4.47. The second-order valence-electron chi connectivity index (χ2n) is 5.68. The smallest absolute Gasteiger partial charge is 0.107 e. The Bertz CT molecular complexity index is 526. The van der Waals surface area contributed by atoms with Crippen molar-refractivity contribution in [2.45, 2.75) is 38.4 Å². The Balaban J connectivity index is 1.77. The largest absolute Gasteiger partial charge is 0.311 e. The fourth-order valence-corrected chi connectivity index (χ4v) is 3.75. The van der Waals surface area contributed by atoms with Gasteiger partial charge in [-0.25, -0.2) is 4.98 Å². The minimum atomic E-state index is 0.447. The van der Waals surface area contributed by atoms with Crippen LogP contribution in [0.5, 0.6) is 0 Å². The second-order valence-corrected chi connectivity index (χ2v) is 6.65. The summed E-state index contributed by atoms with van der Waals surface area (Å²) in [4.78, 5) is 7.05. The molecule has 0 aliphatic carbocycles. The first kappa shape index (κ1) is 14.7. The Kier molecular flexibility index (Phi) is 5.01. The molecule has 0 saturated carbocycles. The highest BCUT2D eigenvalue weighted by molar-refractivity contribution is 7.09. The summed E-state index contributed by atoms with van der Waals surface area (Å²) in [6.07, 6.45) is 4.39. The number of hydrogen-bond acceptors (Lipinski definition) is 4. The van der Waals surface area contributed by atoms with Gasteiger partial charge < -0.3 is 5.32 Å². The molecule has 2 aromatic rings. The zero-order chi connectivity index (χ0) is 14.5. The number of piperazine rings is 1. The van der Waals surface area contributed by atoms with Crippen molar-refractivity contribution in [2.75, 3.05) is 13.1 Å². The summed E-state index contributed by atoms with van der Waals surface area (Å²) in [6, 6.07) is 11.9. The molecule has 0 bridgehead atoms. The van der Waals surface area contributed by atoms with Crippen LogP contribution in [0.1, 0.15) is 36.4 Å². The molecule has 4 heteroatoms. The topological polar surface area (TPSA) is 28.2 Å². The third kappa shape index (κ3) is 3.70. The van der Waals surface area contributed by atoms with Gasteiger partial charge in [0.25, 0.3) is 0 Å². The molecule has 2 heterocycles. The van der Waals surface area contributed by atoms with E-state index in [9.17, 15) is 0 Å². The van der Waals surface area contributed by atoms with Crippen LogP contribution >= 0.6 is 11.3 Å². The molecule has 1 aliphatic heterocycles. The monoisotopic (exact) mass is 301 g/mol. The molecule has 21 heavy (non-hydrogen) atoms. The summed E-state index contributed by atoms with van der Waals surface area (Å²) in [5, 5.41) is 7.00. The van der Waals surface area contributed by atoms with Gasteiger partial charge in [-0.1, -0.05) is 43.7 Å². The SMILES string of the molecule is CCCC1CN(Cc2nccs2)C(c2ccccc2)CN1. The van der Waals surface area contributed by atoms with Gasteiger partial charge in [0.15, 0.2) is 0 Å². The predicted octanol–water partition coefficient (Wildman–Crippen LogP) is 3.46. The van der Waals surface area contributed by atoms with Gasteiger partial charge >= 0.3 is 0 Å². The van der Waals surface area contributed by atoms with Crippen LogP contribution in [0.3, 0.4) is 0 Å². The number of nitrogens with zero attached hydrogens (tertiary/aromatic N) is 2. The number of benzene rings is 1. The zero-order valence-electron chi connectivity index (χ0n) is 12.5. The summed E-state index contributed by atoms with van der Waals surface area (Å²) in [7, 11) is 0. The molecule has 1 saturated heterocycles. The van der Waals surface area contributed by atoms with Gasteiger partial charge in [-0.3, -0.25) is 4.90 Å². The Hall–Kier alpha value is -1.23. The quantitative estimate of drug-likeness (QED) is 0.916. The van der Waals surface area contributed by atoms with Crippen molar-refractivity contribution in [3.63, 3.8) is 0 Å². The number of nitrogens with one attached hydrogen (secondary N) is 1. The van der Waals surface area contributed by atoms with Crippen molar-refractivity contribution in [3.8, 4) is 0 Å². The molecule has 3 rings (SSSR count). The molecular formula is C17H23N3S. The maximum Gasteiger partial charge on any atom is 0.107 e. The minimum Gasteiger partial charge on any atom is -0.311 e. The van der Waals surface area contributed by atoms with Gasteiger partial charge in [-0.05, 0) is 12.0 Å². The molecule has 1 aromatic heterocycles. The average molecular weight is 301 g/mol. The van der Waals surface area contributed by atoms with Crippen molar-refractivity contribution in [2.24, 2.45) is 0 Å². The van der Waals surface area contributed by atoms with Gasteiger partial charge in [0, 0.05) is 36.8 Å². The highest BCUT2D eigenvalue weighted by atomic mass is 32.1. The van der Waals surface area contributed by atoms with Crippen molar-refractivity contribution in [3.05, 3.63) is 52.5 Å². The lowest BCUT2D eigenvalue weighted by Crippen LogP contribution is -2.51. The molecule has 1 N–H and O–H groups in total. The number of thiazole rings is 1. The molecule has 3 nitrogen and oxygen atoms in total. The van der Waals surface area contributed by atoms with E-state index in [1.165, 1.54) is 23.4 Å². The van der Waals surface area contributed by atoms with E-state index in [4.69, 9.17) is 0 Å². The fourth-order valence-electron chi connectivity index (χ4n) is 3.11. The second kappa shape index (κ2) is 7.16. The molecule has 2 unspecified atom stereocenters. The highest BCUT2D eigenvalue weighted by Crippen LogP contribution is 2.26. The van der Waals surface area contributed by atoms with Crippen LogP contribution in [0, 0.1) is 0 Å². The lowest BCUT2D eigenvalue weighted by molar-refractivity contribution is 0.118. The average Bonchev–Trinajstić information content (AvgIpc) is 3.02. The van der Waals surface area contributed by atoms with Crippen LogP contribution in [-0.2, 0) is 6.54 Å². The van der Waals surface area contributed by atoms with E-state index in [-0.39, 0.29) is 0 Å². The van der Waals surface area contributed by atoms with Crippen molar-refractivity contribution in [1.82, 2.24) is 15.2 Å². The first-order valence-electron chi connectivity index (χ1n) is 7.77. The standard InChI is InChI=1S/C17H23N3S/c1-2-6-15-12-20(13-17-18-9-10-21-17)16(11-19-15)14-7-4-3-5-8-14/h3-5,7-10,15-16,19H,2,6,11-13H2,1H3. The Morgan fingerprint density at radius 2 is 2.19 bits per heavy atom. The molecule has 0 radical (unpaired) electrons. The lowest BCUT2D eigenvalue weighted by atomic mass is 9.99. The molecule has 1 aliphatic rings. The van der Waals surface area contributed by atoms with E-state index >= 15 is 0 Å². The number of rotatable bonds is 5. The molecule has 0 amide bonds. The number of hydrogen-bond donors (Lipinski definition) is 1. The van der Waals surface area contributed by atoms with Gasteiger partial charge in [0.2, 0.25) is 0 Å². The molecule has 112 valence electrons. The summed E-state index contributed by atoms with van der Waals surface area (Å²) in [5.41, 5.74) is 1.40. The van der Waals surface area contributed by atoms with Crippen LogP contribution in [0.2, 0.25) is 0 Å². The molecule has 2 atom stereocenters. The Labute approximate surface area is 131 Å². The third-order valence-corrected chi connectivity index (χ3v) is 4.90. The van der Waals surface area contributed by atoms with Crippen LogP contribution < -0.4 is 5.32 Å². The highest BCUT2D eigenvalue weighted by Gasteiger charge is 2.28. The van der Waals surface area contributed by atoms with E-state index in [1.54, 1.807) is 11.3 Å². The Morgan fingerprint density at radius 3 is 2.90 bits per heavy atom. The fraction of sp³-hybridized carbons (Fsp3) is 0.471. The summed E-state index contributed by atoms with van der Waals surface area (Å²) < 4.78 is 0. The van der Waals surface area contributed by atoms with Crippen molar-refractivity contribution in [1.29, 1.82) is 0 Å². The molecule has 1 fully saturated rings. The van der Waals surface area contributed by atoms with Crippen molar-refractivity contribution >= 4 is 11.3 Å². The normalized spacial score (nSPS) is 23.3. The lowest BCUT2D eigenvalue weighted by Gasteiger charge is -2.40. The molecular weight excluding hydrogens is 278 g/mol. The van der Waals surface area contributed by atoms with Gasteiger partial charge in [0.05, 0.1) is 6.54 Å². The molecule has 0 spiro atoms. The van der Waals surface area contributed by atoms with Gasteiger partial charge in [-0.15, -0.1) is 11.3 Å². The van der Waals surface area contributed by atoms with E-state index < -0.39 is 0 Å². The van der Waals surface area contributed by atoms with Crippen LogP contribution in [0.4, 0.5) is 0 Å². The first-order chi connectivity index (χ1) is 10.4. The van der Waals surface area contributed by atoms with Crippen LogP contribution in [0.15, 0.2) is 41.9 Å². The Morgan fingerprint density at radius 1 is 1.33 bits per heavy atom. The van der Waals surface area contributed by atoms with Crippen LogP contribution in [-0.4, -0.2) is 29.0 Å². The zero-order valence-corrected chi connectivity index (χ0v) is 13.4. The summed E-state index contributed by atoms with van der Waals surface area (Å²) in [5.74, 6) is 0. The van der Waals surface area contributed by atoms with Crippen molar-refractivity contribution < 1.29 is 0 Å². The predicted molar refractivity (Wildman–Crippen MR) is 88.4 cm³/mol. The van der Waals surface area contributed by atoms with Crippen LogP contribution in [0.25, 0.3) is 0 Å². The molecule has 1 aromatic carbocycles. The van der Waals surface area contributed by atoms with E-state index in [0.717, 1.165) is 19.6 Å². The maximum atomic E-state index is 4.47. The van der Waals surface area contributed by atoms with Gasteiger partial charge in [-0.2, -0.15) is 0 Å².